The number of aromatic nitrogens is 2. The molecule has 0 spiro atoms. The molecule has 0 unspecified atom stereocenters. The highest BCUT2D eigenvalue weighted by atomic mass is 19.1. The lowest BCUT2D eigenvalue weighted by Gasteiger charge is -2.34. The fourth-order valence-electron chi connectivity index (χ4n) is 3.38. The van der Waals surface area contributed by atoms with E-state index in [4.69, 9.17) is 0 Å². The predicted octanol–water partition coefficient (Wildman–Crippen LogP) is 1.42. The van der Waals surface area contributed by atoms with Crippen LogP contribution < -0.4 is 5.32 Å². The number of rotatable bonds is 6. The SMILES string of the molecule is CCn1nc(C)cc1C(=O)NCC(=O)N1CCN(Cc2cccc(F)c2)CC1. The number of hydrogen-bond donors (Lipinski definition) is 1. The van der Waals surface area contributed by atoms with Gasteiger partial charge in [-0.1, -0.05) is 12.1 Å². The Morgan fingerprint density at radius 3 is 2.61 bits per heavy atom. The molecule has 0 radical (unpaired) electrons. The van der Waals surface area contributed by atoms with E-state index in [1.165, 1.54) is 12.1 Å². The summed E-state index contributed by atoms with van der Waals surface area (Å²) < 4.78 is 14.9. The number of aryl methyl sites for hydroxylation is 2. The number of carbonyl (C=O) groups excluding carboxylic acids is 2. The Hall–Kier alpha value is -2.74. The molecule has 0 atom stereocenters. The molecular weight excluding hydrogens is 361 g/mol. The highest BCUT2D eigenvalue weighted by molar-refractivity contribution is 5.95. The van der Waals surface area contributed by atoms with E-state index in [1.807, 2.05) is 19.9 Å². The summed E-state index contributed by atoms with van der Waals surface area (Å²) in [7, 11) is 0. The molecule has 1 saturated heterocycles. The van der Waals surface area contributed by atoms with Gasteiger partial charge in [0.1, 0.15) is 11.5 Å². The van der Waals surface area contributed by atoms with E-state index < -0.39 is 0 Å². The summed E-state index contributed by atoms with van der Waals surface area (Å²) >= 11 is 0. The number of halogens is 1. The largest absolute Gasteiger partial charge is 0.342 e. The van der Waals surface area contributed by atoms with Gasteiger partial charge in [0, 0.05) is 39.3 Å². The standard InChI is InChI=1S/C20H26FN5O2/c1-3-26-18(11-15(2)23-26)20(28)22-13-19(27)25-9-7-24(8-10-25)14-16-5-4-6-17(21)12-16/h4-6,11-12H,3,7-10,13-14H2,1-2H3,(H,22,28). The zero-order valence-corrected chi connectivity index (χ0v) is 16.3. The summed E-state index contributed by atoms with van der Waals surface area (Å²) in [6.07, 6.45) is 0. The minimum Gasteiger partial charge on any atom is -0.342 e. The third-order valence-corrected chi connectivity index (χ3v) is 4.85. The van der Waals surface area contributed by atoms with Gasteiger partial charge >= 0.3 is 0 Å². The molecule has 1 fully saturated rings. The van der Waals surface area contributed by atoms with Crippen LogP contribution in [0.1, 0.15) is 28.7 Å². The molecule has 0 aliphatic carbocycles. The Labute approximate surface area is 164 Å². The van der Waals surface area contributed by atoms with Crippen LogP contribution in [0.25, 0.3) is 0 Å². The molecule has 2 aromatic rings. The lowest BCUT2D eigenvalue weighted by Crippen LogP contribution is -2.50. The van der Waals surface area contributed by atoms with Crippen molar-refractivity contribution in [1.29, 1.82) is 0 Å². The Kier molecular flexibility index (Phi) is 6.41. The molecule has 2 heterocycles. The minimum atomic E-state index is -0.291. The number of nitrogens with zero attached hydrogens (tertiary/aromatic N) is 4. The third kappa shape index (κ3) is 4.95. The van der Waals surface area contributed by atoms with E-state index in [1.54, 1.807) is 21.7 Å². The van der Waals surface area contributed by atoms with E-state index in [0.29, 0.717) is 31.9 Å². The second kappa shape index (κ2) is 8.97. The Bertz CT molecular complexity index is 843. The number of piperazine rings is 1. The summed E-state index contributed by atoms with van der Waals surface area (Å²) in [6.45, 7) is 7.60. The van der Waals surface area contributed by atoms with E-state index in [-0.39, 0.29) is 24.2 Å². The fourth-order valence-corrected chi connectivity index (χ4v) is 3.38. The number of amides is 2. The fraction of sp³-hybridized carbons (Fsp3) is 0.450. The van der Waals surface area contributed by atoms with Crippen LogP contribution in [-0.4, -0.2) is 64.1 Å². The molecule has 1 N–H and O–H groups in total. The normalized spacial score (nSPS) is 14.9. The van der Waals surface area contributed by atoms with Crippen molar-refractivity contribution in [3.63, 3.8) is 0 Å². The first-order chi connectivity index (χ1) is 13.5. The first kappa shape index (κ1) is 20.0. The monoisotopic (exact) mass is 387 g/mol. The van der Waals surface area contributed by atoms with Crippen LogP contribution in [0.5, 0.6) is 0 Å². The van der Waals surface area contributed by atoms with Crippen LogP contribution in [0.15, 0.2) is 30.3 Å². The van der Waals surface area contributed by atoms with Gasteiger partial charge in [0.25, 0.3) is 5.91 Å². The van der Waals surface area contributed by atoms with Crippen molar-refractivity contribution >= 4 is 11.8 Å². The molecule has 1 aliphatic rings. The highest BCUT2D eigenvalue weighted by Crippen LogP contribution is 2.10. The van der Waals surface area contributed by atoms with E-state index in [2.05, 4.69) is 15.3 Å². The quantitative estimate of drug-likeness (QED) is 0.814. The lowest BCUT2D eigenvalue weighted by molar-refractivity contribution is -0.131. The third-order valence-electron chi connectivity index (χ3n) is 4.85. The van der Waals surface area contributed by atoms with Crippen LogP contribution in [0, 0.1) is 12.7 Å². The number of hydrogen-bond acceptors (Lipinski definition) is 4. The van der Waals surface area contributed by atoms with Gasteiger partial charge in [-0.15, -0.1) is 0 Å². The van der Waals surface area contributed by atoms with E-state index >= 15 is 0 Å². The van der Waals surface area contributed by atoms with Crippen molar-refractivity contribution in [2.75, 3.05) is 32.7 Å². The van der Waals surface area contributed by atoms with Crippen molar-refractivity contribution in [3.8, 4) is 0 Å². The van der Waals surface area contributed by atoms with E-state index in [0.717, 1.165) is 24.3 Å². The second-order valence-corrected chi connectivity index (χ2v) is 6.96. The highest BCUT2D eigenvalue weighted by Gasteiger charge is 2.22. The molecular formula is C20H26FN5O2. The van der Waals surface area contributed by atoms with Crippen molar-refractivity contribution in [2.24, 2.45) is 0 Å². The maximum absolute atomic E-state index is 13.3. The Morgan fingerprint density at radius 2 is 1.93 bits per heavy atom. The van der Waals surface area contributed by atoms with Gasteiger partial charge in [-0.2, -0.15) is 5.10 Å². The average Bonchev–Trinajstić information content (AvgIpc) is 3.07. The maximum atomic E-state index is 13.3. The van der Waals surface area contributed by atoms with Crippen molar-refractivity contribution in [2.45, 2.75) is 26.9 Å². The molecule has 2 amide bonds. The van der Waals surface area contributed by atoms with E-state index in [9.17, 15) is 14.0 Å². The smallest absolute Gasteiger partial charge is 0.269 e. The zero-order valence-electron chi connectivity index (χ0n) is 16.3. The Balaban J connectivity index is 1.45. The molecule has 7 nitrogen and oxygen atoms in total. The molecule has 1 aromatic heterocycles. The van der Waals surface area contributed by atoms with Crippen molar-refractivity contribution < 1.29 is 14.0 Å². The topological polar surface area (TPSA) is 70.5 Å². The van der Waals surface area contributed by atoms with Crippen molar-refractivity contribution in [3.05, 3.63) is 53.1 Å². The first-order valence-electron chi connectivity index (χ1n) is 9.53. The van der Waals surface area contributed by atoms with Gasteiger partial charge in [0.2, 0.25) is 5.91 Å². The molecule has 1 aliphatic heterocycles. The zero-order chi connectivity index (χ0) is 20.1. The molecule has 1 aromatic carbocycles. The lowest BCUT2D eigenvalue weighted by atomic mass is 10.2. The molecule has 0 saturated carbocycles. The summed E-state index contributed by atoms with van der Waals surface area (Å²) in [6, 6.07) is 8.30. The second-order valence-electron chi connectivity index (χ2n) is 6.96. The van der Waals surface area contributed by atoms with Gasteiger partial charge < -0.3 is 10.2 Å². The number of nitrogens with one attached hydrogen (secondary N) is 1. The van der Waals surface area contributed by atoms with Crippen LogP contribution in [-0.2, 0) is 17.9 Å². The molecule has 8 heteroatoms. The van der Waals surface area contributed by atoms with Crippen LogP contribution >= 0.6 is 0 Å². The molecule has 0 bridgehead atoms. The number of benzene rings is 1. The van der Waals surface area contributed by atoms with Crippen LogP contribution in [0.3, 0.4) is 0 Å². The minimum absolute atomic E-state index is 0.0311. The van der Waals surface area contributed by atoms with Crippen LogP contribution in [0.2, 0.25) is 0 Å². The first-order valence-corrected chi connectivity index (χ1v) is 9.53. The van der Waals surface area contributed by atoms with Gasteiger partial charge in [-0.25, -0.2) is 4.39 Å². The van der Waals surface area contributed by atoms with Crippen molar-refractivity contribution in [1.82, 2.24) is 24.9 Å². The van der Waals surface area contributed by atoms with Gasteiger partial charge in [-0.05, 0) is 37.6 Å². The molecule has 3 rings (SSSR count). The summed E-state index contributed by atoms with van der Waals surface area (Å²) in [5, 5.41) is 6.94. The number of carbonyl (C=O) groups is 2. The van der Waals surface area contributed by atoms with Gasteiger partial charge in [0.05, 0.1) is 12.2 Å². The summed E-state index contributed by atoms with van der Waals surface area (Å²) in [5.41, 5.74) is 2.16. The Morgan fingerprint density at radius 1 is 1.18 bits per heavy atom. The average molecular weight is 387 g/mol. The predicted molar refractivity (Wildman–Crippen MR) is 103 cm³/mol. The molecule has 150 valence electrons. The van der Waals surface area contributed by atoms with Gasteiger partial charge in [-0.3, -0.25) is 19.2 Å². The summed E-state index contributed by atoms with van der Waals surface area (Å²) in [4.78, 5) is 28.7. The van der Waals surface area contributed by atoms with Crippen LogP contribution in [0.4, 0.5) is 4.39 Å². The summed E-state index contributed by atoms with van der Waals surface area (Å²) in [5.74, 6) is -0.625. The van der Waals surface area contributed by atoms with Gasteiger partial charge in [0.15, 0.2) is 0 Å². The maximum Gasteiger partial charge on any atom is 0.269 e. The molecule has 28 heavy (non-hydrogen) atoms.